The van der Waals surface area contributed by atoms with Crippen LogP contribution in [-0.2, 0) is 6.54 Å². The van der Waals surface area contributed by atoms with E-state index < -0.39 is 18.4 Å². The molecule has 0 aromatic carbocycles. The van der Waals surface area contributed by atoms with Crippen molar-refractivity contribution in [2.75, 3.05) is 7.05 Å². The van der Waals surface area contributed by atoms with Gasteiger partial charge in [-0.05, 0) is 0 Å². The second-order valence-corrected chi connectivity index (χ2v) is 22.5. The third-order valence-electron chi connectivity index (χ3n) is 5.32. The average Bonchev–Trinajstić information content (AvgIpc) is 3.08. The molecular formula is C19H33NOSSn. The molecule has 0 radical (unpaired) electrons. The minimum absolute atomic E-state index is 0.254. The van der Waals surface area contributed by atoms with Crippen molar-refractivity contribution >= 4 is 38.5 Å². The Bertz CT molecular complexity index is 504. The second kappa shape index (κ2) is 8.89. The van der Waals surface area contributed by atoms with E-state index in [9.17, 15) is 4.79 Å². The molecule has 0 saturated heterocycles. The van der Waals surface area contributed by atoms with Crippen molar-refractivity contribution in [3.05, 3.63) is 16.5 Å². The first kappa shape index (κ1) is 19.3. The van der Waals surface area contributed by atoms with Gasteiger partial charge in [-0.1, -0.05) is 0 Å². The van der Waals surface area contributed by atoms with Crippen LogP contribution in [0.25, 0.3) is 0 Å². The normalized spacial score (nSPS) is 14.6. The van der Waals surface area contributed by atoms with Gasteiger partial charge in [0.05, 0.1) is 0 Å². The van der Waals surface area contributed by atoms with E-state index in [1.165, 1.54) is 56.7 Å². The van der Waals surface area contributed by atoms with E-state index >= 15 is 0 Å². The van der Waals surface area contributed by atoms with Crippen molar-refractivity contribution in [3.63, 3.8) is 0 Å². The molecule has 2 heterocycles. The maximum atomic E-state index is 12.3. The molecule has 0 fully saturated rings. The molecule has 1 aliphatic heterocycles. The Labute approximate surface area is 150 Å². The van der Waals surface area contributed by atoms with Gasteiger partial charge in [-0.15, -0.1) is 0 Å². The van der Waals surface area contributed by atoms with Gasteiger partial charge in [0.25, 0.3) is 0 Å². The standard InChI is InChI=1S/C7H6NOS.3C4H9.Sn/c1-8-4-6-5(7(8)9)2-3-10-6;3*1-3-4-2;/h2H,4H2,1H3;3*1,3-4H2,2H3;. The zero-order chi connectivity index (χ0) is 16.9. The predicted molar refractivity (Wildman–Crippen MR) is 105 cm³/mol. The van der Waals surface area contributed by atoms with Gasteiger partial charge in [0.1, 0.15) is 0 Å². The monoisotopic (exact) mass is 443 g/mol. The molecule has 0 aliphatic carbocycles. The van der Waals surface area contributed by atoms with Crippen molar-refractivity contribution in [1.82, 2.24) is 4.90 Å². The predicted octanol–water partition coefficient (Wildman–Crippen LogP) is 5.39. The molecule has 1 aromatic rings. The molecule has 0 N–H and O–H groups in total. The van der Waals surface area contributed by atoms with Crippen molar-refractivity contribution in [1.29, 1.82) is 0 Å². The summed E-state index contributed by atoms with van der Waals surface area (Å²) in [5.41, 5.74) is 1.04. The summed E-state index contributed by atoms with van der Waals surface area (Å²) in [5.74, 6) is 0.254. The Morgan fingerprint density at radius 3 is 2.00 bits per heavy atom. The molecule has 0 bridgehead atoms. The van der Waals surface area contributed by atoms with E-state index in [0.717, 1.165) is 12.1 Å². The first-order valence-electron chi connectivity index (χ1n) is 9.46. The Morgan fingerprint density at radius 2 is 1.57 bits per heavy atom. The number of hydrogen-bond donors (Lipinski definition) is 0. The van der Waals surface area contributed by atoms with Crippen LogP contribution < -0.4 is 2.89 Å². The summed E-state index contributed by atoms with van der Waals surface area (Å²) in [4.78, 5) is 15.5. The van der Waals surface area contributed by atoms with Gasteiger partial charge in [0.15, 0.2) is 0 Å². The van der Waals surface area contributed by atoms with E-state index in [1.54, 1.807) is 2.89 Å². The Morgan fingerprint density at radius 1 is 1.04 bits per heavy atom. The van der Waals surface area contributed by atoms with Crippen LogP contribution in [0.4, 0.5) is 0 Å². The van der Waals surface area contributed by atoms with Crippen LogP contribution in [0.3, 0.4) is 0 Å². The molecule has 2 nitrogen and oxygen atoms in total. The number of fused-ring (bicyclic) bond motifs is 1. The van der Waals surface area contributed by atoms with Crippen LogP contribution >= 0.6 is 11.3 Å². The van der Waals surface area contributed by atoms with Gasteiger partial charge >= 0.3 is 151 Å². The molecule has 1 amide bonds. The quantitative estimate of drug-likeness (QED) is 0.445. The summed E-state index contributed by atoms with van der Waals surface area (Å²) >= 11 is -0.307. The van der Waals surface area contributed by atoms with Crippen LogP contribution in [0.1, 0.15) is 74.5 Å². The molecule has 0 saturated carbocycles. The van der Waals surface area contributed by atoms with Gasteiger partial charge in [-0.2, -0.15) is 0 Å². The minimum atomic E-state index is -2.33. The molecule has 1 aliphatic rings. The first-order valence-corrected chi connectivity index (χ1v) is 17.8. The maximum absolute atomic E-state index is 12.3. The van der Waals surface area contributed by atoms with E-state index in [1.807, 2.05) is 23.3 Å². The van der Waals surface area contributed by atoms with Gasteiger partial charge in [0, 0.05) is 0 Å². The van der Waals surface area contributed by atoms with Gasteiger partial charge < -0.3 is 0 Å². The molecule has 4 heteroatoms. The van der Waals surface area contributed by atoms with Gasteiger partial charge in [-0.3, -0.25) is 0 Å². The summed E-state index contributed by atoms with van der Waals surface area (Å²) in [6.45, 7) is 7.81. The number of hydrogen-bond acceptors (Lipinski definition) is 2. The fraction of sp³-hybridized carbons (Fsp3) is 0.737. The van der Waals surface area contributed by atoms with Crippen LogP contribution in [-0.4, -0.2) is 36.2 Å². The molecular weight excluding hydrogens is 409 g/mol. The van der Waals surface area contributed by atoms with Gasteiger partial charge in [-0.25, -0.2) is 0 Å². The number of carbonyl (C=O) groups excluding carboxylic acids is 1. The van der Waals surface area contributed by atoms with E-state index in [-0.39, 0.29) is 5.91 Å². The summed E-state index contributed by atoms with van der Waals surface area (Å²) in [5, 5.41) is 0. The molecule has 1 aromatic heterocycles. The van der Waals surface area contributed by atoms with E-state index in [4.69, 9.17) is 0 Å². The first-order chi connectivity index (χ1) is 11.1. The summed E-state index contributed by atoms with van der Waals surface area (Å²) in [7, 11) is 1.93. The average molecular weight is 442 g/mol. The number of carbonyl (C=O) groups is 1. The van der Waals surface area contributed by atoms with Crippen molar-refractivity contribution in [2.45, 2.75) is 79.2 Å². The number of thiophene rings is 1. The molecule has 130 valence electrons. The van der Waals surface area contributed by atoms with Crippen LogP contribution in [0.15, 0.2) is 6.07 Å². The fourth-order valence-electron chi connectivity index (χ4n) is 3.77. The summed E-state index contributed by atoms with van der Waals surface area (Å²) in [6, 6.07) is 2.35. The number of nitrogens with zero attached hydrogens (tertiary/aromatic N) is 1. The molecule has 0 spiro atoms. The molecule has 23 heavy (non-hydrogen) atoms. The third-order valence-corrected chi connectivity index (χ3v) is 24.6. The summed E-state index contributed by atoms with van der Waals surface area (Å²) < 4.78 is 6.19. The Balaban J connectivity index is 2.32. The summed E-state index contributed by atoms with van der Waals surface area (Å²) in [6.07, 6.45) is 8.09. The van der Waals surface area contributed by atoms with E-state index in [2.05, 4.69) is 26.8 Å². The number of rotatable bonds is 10. The number of amides is 1. The van der Waals surface area contributed by atoms with Crippen molar-refractivity contribution in [3.8, 4) is 0 Å². The Kier molecular flexibility index (Phi) is 7.46. The molecule has 0 unspecified atom stereocenters. The number of unbranched alkanes of at least 4 members (excludes halogenated alkanes) is 3. The molecule has 0 atom stereocenters. The molecule has 2 rings (SSSR count). The van der Waals surface area contributed by atoms with Crippen LogP contribution in [0.5, 0.6) is 0 Å². The second-order valence-electron chi connectivity index (χ2n) is 7.20. The van der Waals surface area contributed by atoms with Crippen LogP contribution in [0.2, 0.25) is 13.3 Å². The fourth-order valence-corrected chi connectivity index (χ4v) is 24.3. The van der Waals surface area contributed by atoms with Crippen molar-refractivity contribution < 1.29 is 4.79 Å². The third kappa shape index (κ3) is 4.33. The zero-order valence-electron chi connectivity index (χ0n) is 15.4. The van der Waals surface area contributed by atoms with E-state index in [0.29, 0.717) is 0 Å². The van der Waals surface area contributed by atoms with Crippen LogP contribution in [0, 0.1) is 0 Å². The van der Waals surface area contributed by atoms with Gasteiger partial charge in [0.2, 0.25) is 0 Å². The SMILES string of the molecule is CCC[CH2][Sn]([CH2]CCC)([CH2]CCC)[c]1cc2c(s1)CN(C)C2=O. The van der Waals surface area contributed by atoms with Crippen molar-refractivity contribution in [2.24, 2.45) is 0 Å². The topological polar surface area (TPSA) is 20.3 Å². The Hall–Kier alpha value is -0.0313. The zero-order valence-corrected chi connectivity index (χ0v) is 19.1.